The molecule has 0 heterocycles. The van der Waals surface area contributed by atoms with Gasteiger partial charge in [-0.05, 0) is 0 Å². The zero-order valence-corrected chi connectivity index (χ0v) is 19.1. The molecule has 0 aliphatic carbocycles. The van der Waals surface area contributed by atoms with Crippen LogP contribution in [0.2, 0.25) is 0 Å². The van der Waals surface area contributed by atoms with E-state index in [4.69, 9.17) is 0 Å². The molecular formula is C21H21NSe3. The van der Waals surface area contributed by atoms with Crippen molar-refractivity contribution in [3.8, 4) is 0 Å². The maximum absolute atomic E-state index is 2.69. The van der Waals surface area contributed by atoms with E-state index in [1.165, 1.54) is 29.7 Å². The Bertz CT molecular complexity index is 616. The number of nitrogens with zero attached hydrogens (tertiary/aromatic N) is 1. The van der Waals surface area contributed by atoms with Gasteiger partial charge in [-0.2, -0.15) is 0 Å². The van der Waals surface area contributed by atoms with Gasteiger partial charge in [0.15, 0.2) is 0 Å². The van der Waals surface area contributed by atoms with E-state index in [1.54, 1.807) is 0 Å². The van der Waals surface area contributed by atoms with E-state index in [1.807, 2.05) is 0 Å². The van der Waals surface area contributed by atoms with E-state index >= 15 is 0 Å². The summed E-state index contributed by atoms with van der Waals surface area (Å²) in [5, 5.41) is 0. The summed E-state index contributed by atoms with van der Waals surface area (Å²) in [7, 11) is 0. The van der Waals surface area contributed by atoms with Crippen molar-refractivity contribution in [3.05, 3.63) is 91.0 Å². The van der Waals surface area contributed by atoms with Gasteiger partial charge in [0.2, 0.25) is 0 Å². The summed E-state index contributed by atoms with van der Waals surface area (Å²) in [6.07, 6.45) is 0. The summed E-state index contributed by atoms with van der Waals surface area (Å²) in [5.74, 6) is 0. The number of rotatable bonds is 9. The van der Waals surface area contributed by atoms with Crippen molar-refractivity contribution in [1.82, 2.24) is 4.90 Å². The minimum absolute atomic E-state index is 0.529. The van der Waals surface area contributed by atoms with Crippen LogP contribution >= 0.6 is 0 Å². The molecule has 3 aromatic carbocycles. The molecule has 0 bridgehead atoms. The summed E-state index contributed by atoms with van der Waals surface area (Å²) < 4.78 is 4.50. The van der Waals surface area contributed by atoms with Crippen molar-refractivity contribution in [2.45, 2.75) is 0 Å². The molecule has 0 radical (unpaired) electrons. The van der Waals surface area contributed by atoms with Crippen LogP contribution in [-0.2, 0) is 0 Å². The molecule has 128 valence electrons. The van der Waals surface area contributed by atoms with Gasteiger partial charge in [-0.15, -0.1) is 0 Å². The van der Waals surface area contributed by atoms with Crippen molar-refractivity contribution in [2.24, 2.45) is 0 Å². The van der Waals surface area contributed by atoms with Gasteiger partial charge in [0, 0.05) is 0 Å². The quantitative estimate of drug-likeness (QED) is 0.382. The first-order valence-electron chi connectivity index (χ1n) is 8.16. The molecule has 0 saturated heterocycles. The Hall–Kier alpha value is -0.822. The average molecular weight is 524 g/mol. The standard InChI is InChI=1S/C21H21NSe3/c1-4-10-19(11-5-1)23-16-22(17-24-20-12-6-2-7-13-20)18-25-21-14-8-3-9-15-21/h1-15H,16-18H2. The van der Waals surface area contributed by atoms with Crippen LogP contribution < -0.4 is 13.4 Å². The third-order valence-electron chi connectivity index (χ3n) is 3.47. The van der Waals surface area contributed by atoms with Crippen LogP contribution in [0.3, 0.4) is 0 Å². The fraction of sp³-hybridized carbons (Fsp3) is 0.143. The molecule has 0 aliphatic heterocycles. The molecule has 0 unspecified atom stereocenters. The topological polar surface area (TPSA) is 3.24 Å². The molecule has 0 atom stereocenters. The molecule has 4 heteroatoms. The van der Waals surface area contributed by atoms with Crippen molar-refractivity contribution in [3.63, 3.8) is 0 Å². The van der Waals surface area contributed by atoms with Gasteiger partial charge >= 0.3 is 170 Å². The monoisotopic (exact) mass is 527 g/mol. The van der Waals surface area contributed by atoms with Gasteiger partial charge in [-0.3, -0.25) is 0 Å². The van der Waals surface area contributed by atoms with Crippen LogP contribution in [0.25, 0.3) is 0 Å². The minimum atomic E-state index is 0.529. The van der Waals surface area contributed by atoms with Crippen LogP contribution in [0.4, 0.5) is 0 Å². The van der Waals surface area contributed by atoms with Crippen LogP contribution in [0.5, 0.6) is 0 Å². The predicted octanol–water partition coefficient (Wildman–Crippen LogP) is 1.25. The van der Waals surface area contributed by atoms with E-state index in [0.29, 0.717) is 44.9 Å². The van der Waals surface area contributed by atoms with Gasteiger partial charge in [0.1, 0.15) is 0 Å². The first-order valence-corrected chi connectivity index (χ1v) is 14.4. The van der Waals surface area contributed by atoms with Crippen molar-refractivity contribution in [1.29, 1.82) is 0 Å². The molecule has 0 fully saturated rings. The normalized spacial score (nSPS) is 10.9. The molecule has 0 saturated carbocycles. The van der Waals surface area contributed by atoms with E-state index in [9.17, 15) is 0 Å². The van der Waals surface area contributed by atoms with E-state index in [-0.39, 0.29) is 0 Å². The molecular weight excluding hydrogens is 503 g/mol. The zero-order chi connectivity index (χ0) is 17.2. The molecule has 25 heavy (non-hydrogen) atoms. The summed E-state index contributed by atoms with van der Waals surface area (Å²) >= 11 is 1.59. The Labute approximate surface area is 169 Å². The SMILES string of the molecule is c1ccc([Se]CN(C[Se]c2ccccc2)C[Se]c2ccccc2)cc1. The van der Waals surface area contributed by atoms with Crippen LogP contribution in [0.1, 0.15) is 0 Å². The second kappa shape index (κ2) is 11.0. The van der Waals surface area contributed by atoms with Crippen LogP contribution in [0, 0.1) is 0 Å². The number of benzene rings is 3. The van der Waals surface area contributed by atoms with Crippen molar-refractivity contribution < 1.29 is 0 Å². The Kier molecular flexibility index (Phi) is 8.35. The Morgan fingerprint density at radius 1 is 0.440 bits per heavy atom. The summed E-state index contributed by atoms with van der Waals surface area (Å²) in [6.45, 7) is 0. The second-order valence-corrected chi connectivity index (χ2v) is 11.8. The van der Waals surface area contributed by atoms with E-state index in [0.717, 1.165) is 0 Å². The first-order chi connectivity index (χ1) is 12.4. The molecule has 0 amide bonds. The van der Waals surface area contributed by atoms with Crippen molar-refractivity contribution in [2.75, 3.05) is 16.3 Å². The maximum atomic E-state index is 2.69. The molecule has 3 rings (SSSR count). The average Bonchev–Trinajstić information content (AvgIpc) is 2.70. The van der Waals surface area contributed by atoms with E-state index in [2.05, 4.69) is 95.9 Å². The summed E-state index contributed by atoms with van der Waals surface area (Å²) in [4.78, 5) is 2.69. The molecule has 1 nitrogen and oxygen atoms in total. The van der Waals surface area contributed by atoms with Gasteiger partial charge in [-0.1, -0.05) is 0 Å². The van der Waals surface area contributed by atoms with Crippen LogP contribution in [-0.4, -0.2) is 66.1 Å². The summed E-state index contributed by atoms with van der Waals surface area (Å²) in [5.41, 5.74) is 3.63. The van der Waals surface area contributed by atoms with Crippen molar-refractivity contribution >= 4 is 58.3 Å². The molecule has 0 aromatic heterocycles. The number of hydrogen-bond donors (Lipinski definition) is 0. The third-order valence-corrected chi connectivity index (χ3v) is 10.4. The Balaban J connectivity index is 1.56. The van der Waals surface area contributed by atoms with Gasteiger partial charge in [0.25, 0.3) is 0 Å². The molecule has 0 aliphatic rings. The fourth-order valence-electron chi connectivity index (χ4n) is 2.16. The van der Waals surface area contributed by atoms with Gasteiger partial charge < -0.3 is 0 Å². The second-order valence-electron chi connectivity index (χ2n) is 5.43. The molecule has 0 spiro atoms. The van der Waals surface area contributed by atoms with Crippen LogP contribution in [0.15, 0.2) is 91.0 Å². The predicted molar refractivity (Wildman–Crippen MR) is 112 cm³/mol. The van der Waals surface area contributed by atoms with Gasteiger partial charge in [0.05, 0.1) is 0 Å². The Morgan fingerprint density at radius 2 is 0.720 bits per heavy atom. The molecule has 3 aromatic rings. The zero-order valence-electron chi connectivity index (χ0n) is 14.0. The molecule has 0 N–H and O–H groups in total. The third kappa shape index (κ3) is 7.13. The number of hydrogen-bond acceptors (Lipinski definition) is 1. The van der Waals surface area contributed by atoms with Gasteiger partial charge in [-0.25, -0.2) is 0 Å². The van der Waals surface area contributed by atoms with E-state index < -0.39 is 0 Å². The first kappa shape index (κ1) is 19.0. The Morgan fingerprint density at radius 3 is 1.00 bits per heavy atom. The fourth-order valence-corrected chi connectivity index (χ4v) is 9.35. The summed E-state index contributed by atoms with van der Waals surface area (Å²) in [6, 6.07) is 32.9.